The van der Waals surface area contributed by atoms with E-state index in [9.17, 15) is 24.3 Å². The first-order valence-corrected chi connectivity index (χ1v) is 25.9. The van der Waals surface area contributed by atoms with E-state index in [1.807, 2.05) is 13.8 Å². The summed E-state index contributed by atoms with van der Waals surface area (Å²) in [7, 11) is 2.76. The first-order chi connectivity index (χ1) is 35.3. The highest BCUT2D eigenvalue weighted by atomic mass is 16.8. The van der Waals surface area contributed by atoms with Crippen LogP contribution in [0.1, 0.15) is 130 Å². The molecule has 0 unspecified atom stereocenters. The average Bonchev–Trinajstić information content (AvgIpc) is 3.75. The lowest BCUT2D eigenvalue weighted by Gasteiger charge is -2.67. The lowest BCUT2D eigenvalue weighted by Crippen LogP contribution is -2.82. The van der Waals surface area contributed by atoms with Gasteiger partial charge in [0, 0.05) is 52.2 Å². The smallest absolute Gasteiger partial charge is 0.455 e. The van der Waals surface area contributed by atoms with Crippen LogP contribution in [0.15, 0.2) is 71.8 Å². The monoisotopic (exact) mass is 1050 g/mol. The Kier molecular flexibility index (Phi) is 17.0. The van der Waals surface area contributed by atoms with Gasteiger partial charge >= 0.3 is 30.2 Å². The van der Waals surface area contributed by atoms with Gasteiger partial charge in [-0.1, -0.05) is 89.1 Å². The summed E-state index contributed by atoms with van der Waals surface area (Å²) in [6, 6.07) is 14.8. The van der Waals surface area contributed by atoms with Gasteiger partial charge in [0.2, 0.25) is 6.10 Å². The molecule has 2 bridgehead atoms. The molecule has 1 amide bonds. The fourth-order valence-corrected chi connectivity index (χ4v) is 12.3. The zero-order chi connectivity index (χ0) is 54.9. The van der Waals surface area contributed by atoms with E-state index in [-0.39, 0.29) is 43.0 Å². The second-order valence-electron chi connectivity index (χ2n) is 22.1. The molecule has 0 spiro atoms. The molecule has 4 fully saturated rings. The number of ether oxygens (including phenoxy) is 11. The highest BCUT2D eigenvalue weighted by molar-refractivity contribution is 5.94. The molecule has 7 rings (SSSR count). The van der Waals surface area contributed by atoms with Gasteiger partial charge in [0.25, 0.3) is 0 Å². The first kappa shape index (κ1) is 57.3. The van der Waals surface area contributed by atoms with Gasteiger partial charge in [-0.05, 0) is 63.5 Å². The Morgan fingerprint density at radius 2 is 1.55 bits per heavy atom. The minimum Gasteiger partial charge on any atom is -0.455 e. The fourth-order valence-electron chi connectivity index (χ4n) is 12.3. The van der Waals surface area contributed by atoms with Gasteiger partial charge in [-0.25, -0.2) is 19.2 Å². The maximum Gasteiger partial charge on any atom is 0.509 e. The molecule has 2 aromatic carbocycles. The molecule has 2 saturated carbocycles. The summed E-state index contributed by atoms with van der Waals surface area (Å²) in [6.45, 7) is 16.4. The number of rotatable bonds is 17. The van der Waals surface area contributed by atoms with Crippen molar-refractivity contribution in [1.82, 2.24) is 5.32 Å². The van der Waals surface area contributed by atoms with Gasteiger partial charge in [-0.15, -0.1) is 0 Å². The number of methoxy groups -OCH3 is 2. The number of carbonyl (C=O) groups is 6. The second kappa shape index (κ2) is 22.3. The SMILES string of the molecule is CCCC1(CCC)OC[C@@H](COC(=O)O[C@@H](C(=O)O[C@H]2C[C@@]3(O)[C@@H](OC(=O)c4ccccc4)[C@@H]4[C@]5(OC(C)=O)CO[C@@H]5C[C@H](OC)[C@@]4(C)C(=O)[C@H](OC)C(=C2C)C3(C)C)[C@@H](NC(=O)OC(C)(C)C)c2ccccc2)O1. The Labute approximate surface area is 438 Å². The molecule has 412 valence electrons. The third-order valence-corrected chi connectivity index (χ3v) is 15.8. The summed E-state index contributed by atoms with van der Waals surface area (Å²) in [4.78, 5) is 86.7. The van der Waals surface area contributed by atoms with Crippen molar-refractivity contribution < 1.29 is 86.0 Å². The van der Waals surface area contributed by atoms with Crippen molar-refractivity contribution in [2.75, 3.05) is 34.0 Å². The van der Waals surface area contributed by atoms with Crippen molar-refractivity contribution in [3.05, 3.63) is 82.9 Å². The van der Waals surface area contributed by atoms with E-state index in [1.54, 1.807) is 97.0 Å². The van der Waals surface area contributed by atoms with Crippen LogP contribution in [0.3, 0.4) is 0 Å². The normalized spacial score (nSPS) is 31.4. The fraction of sp³-hybridized carbons (Fsp3) is 0.643. The number of hydrogen-bond donors (Lipinski definition) is 2. The molecule has 0 aromatic heterocycles. The number of hydrogen-bond acceptors (Lipinski definition) is 18. The van der Waals surface area contributed by atoms with E-state index in [4.69, 9.17) is 52.1 Å². The molecule has 2 aliphatic heterocycles. The molecule has 2 N–H and O–H groups in total. The highest BCUT2D eigenvalue weighted by Crippen LogP contribution is 2.65. The Morgan fingerprint density at radius 3 is 2.11 bits per heavy atom. The predicted octanol–water partition coefficient (Wildman–Crippen LogP) is 7.44. The summed E-state index contributed by atoms with van der Waals surface area (Å²) < 4.78 is 67.2. The predicted molar refractivity (Wildman–Crippen MR) is 267 cm³/mol. The molecule has 75 heavy (non-hydrogen) atoms. The molecule has 5 aliphatic rings. The summed E-state index contributed by atoms with van der Waals surface area (Å²) in [6.07, 6.45) is -9.03. The van der Waals surface area contributed by atoms with Crippen molar-refractivity contribution in [3.63, 3.8) is 0 Å². The molecule has 3 aliphatic carbocycles. The quantitative estimate of drug-likeness (QED) is 0.0889. The summed E-state index contributed by atoms with van der Waals surface area (Å²) in [5.41, 5.74) is -7.34. The van der Waals surface area contributed by atoms with Crippen LogP contribution in [0, 0.1) is 16.7 Å². The van der Waals surface area contributed by atoms with Crippen LogP contribution in [-0.4, -0.2) is 140 Å². The number of benzene rings is 2. The van der Waals surface area contributed by atoms with E-state index in [2.05, 4.69) is 5.32 Å². The van der Waals surface area contributed by atoms with Crippen LogP contribution < -0.4 is 5.32 Å². The van der Waals surface area contributed by atoms with Crippen LogP contribution in [0.2, 0.25) is 0 Å². The molecule has 2 heterocycles. The molecule has 12 atom stereocenters. The minimum atomic E-state index is -2.32. The number of amides is 1. The van der Waals surface area contributed by atoms with Crippen molar-refractivity contribution in [2.24, 2.45) is 16.7 Å². The van der Waals surface area contributed by atoms with Crippen LogP contribution in [0.25, 0.3) is 0 Å². The van der Waals surface area contributed by atoms with E-state index in [0.717, 1.165) is 12.8 Å². The minimum absolute atomic E-state index is 0.0854. The molecule has 2 saturated heterocycles. The van der Waals surface area contributed by atoms with Crippen molar-refractivity contribution >= 4 is 35.9 Å². The lowest BCUT2D eigenvalue weighted by molar-refractivity contribution is -0.347. The van der Waals surface area contributed by atoms with Crippen LogP contribution >= 0.6 is 0 Å². The van der Waals surface area contributed by atoms with Crippen LogP contribution in [0.4, 0.5) is 9.59 Å². The molecular formula is C56H75NO18. The van der Waals surface area contributed by atoms with Crippen LogP contribution in [0.5, 0.6) is 0 Å². The van der Waals surface area contributed by atoms with E-state index in [1.165, 1.54) is 33.3 Å². The number of aliphatic hydroxyl groups is 1. The number of carbonyl (C=O) groups excluding carboxylic acids is 6. The molecule has 19 heteroatoms. The zero-order valence-electron chi connectivity index (χ0n) is 45.2. The van der Waals surface area contributed by atoms with E-state index >= 15 is 9.59 Å². The number of ketones is 1. The third-order valence-electron chi connectivity index (χ3n) is 15.8. The number of fused-ring (bicyclic) bond motifs is 5. The van der Waals surface area contributed by atoms with Gasteiger partial charge < -0.3 is 62.5 Å². The van der Waals surface area contributed by atoms with Gasteiger partial charge in [0.15, 0.2) is 17.2 Å². The molecule has 19 nitrogen and oxygen atoms in total. The van der Waals surface area contributed by atoms with Crippen LogP contribution in [-0.2, 0) is 66.5 Å². The number of esters is 3. The first-order valence-electron chi connectivity index (χ1n) is 25.9. The van der Waals surface area contributed by atoms with Gasteiger partial charge in [-0.3, -0.25) is 9.59 Å². The molecule has 2 aromatic rings. The maximum absolute atomic E-state index is 15.9. The lowest BCUT2D eigenvalue weighted by atomic mass is 9.44. The van der Waals surface area contributed by atoms with E-state index in [0.29, 0.717) is 18.4 Å². The van der Waals surface area contributed by atoms with Crippen molar-refractivity contribution in [1.29, 1.82) is 0 Å². The highest BCUT2D eigenvalue weighted by Gasteiger charge is 2.78. The summed E-state index contributed by atoms with van der Waals surface area (Å²) >= 11 is 0. The summed E-state index contributed by atoms with van der Waals surface area (Å²) in [5.74, 6) is -5.57. The number of nitrogens with one attached hydrogen (secondary N) is 1. The Morgan fingerprint density at radius 1 is 0.907 bits per heavy atom. The van der Waals surface area contributed by atoms with Crippen molar-refractivity contribution in [3.8, 4) is 0 Å². The largest absolute Gasteiger partial charge is 0.509 e. The molecular weight excluding hydrogens is 975 g/mol. The van der Waals surface area contributed by atoms with Gasteiger partial charge in [-0.2, -0.15) is 0 Å². The Bertz CT molecular complexity index is 2450. The number of Topliss-reactive ketones (excluding diaryl/α,β-unsaturated/α-hetero) is 1. The van der Waals surface area contributed by atoms with Crippen molar-refractivity contribution in [2.45, 2.75) is 179 Å². The van der Waals surface area contributed by atoms with Gasteiger partial charge in [0.05, 0.1) is 36.2 Å². The average molecular weight is 1050 g/mol. The van der Waals surface area contributed by atoms with E-state index < -0.39 is 130 Å². The Balaban J connectivity index is 1.35. The van der Waals surface area contributed by atoms with Gasteiger partial charge in [0.1, 0.15) is 54.4 Å². The topological polar surface area (TPSA) is 236 Å². The standard InChI is InChI=1S/C56H75NO18/c1-13-25-54(26-14-2)69-30-36(74-54)29-67-50(63)71-43(41(34-21-17-15-18-22-34)57-49(62)75-51(5,6)7)48(61)70-37-28-56(64)46(72-47(60)35-23-19-16-20-24-35)44-53(10,45(59)42(66-12)40(32(37)3)52(56,8)9)38(65-11)27-39-55(44,31-68-39)73-33(4)58/h15-24,36-39,41-44,46,64H,13-14,25-31H2,1-12H3,(H,57,62)/t36-,37+,38+,39-,41+,42-,43-,44+,46+,53-,55+,56-/m1/s1. The molecule has 0 radical (unpaired) electrons. The summed E-state index contributed by atoms with van der Waals surface area (Å²) in [5, 5.41) is 16.8. The maximum atomic E-state index is 15.9. The number of alkyl carbamates (subject to hydrolysis) is 1. The Hall–Kier alpha value is -5.44. The third kappa shape index (κ3) is 10.9. The zero-order valence-corrected chi connectivity index (χ0v) is 45.2. The second-order valence-corrected chi connectivity index (χ2v) is 22.1.